The van der Waals surface area contributed by atoms with Crippen LogP contribution in [-0.2, 0) is 7.80 Å². The van der Waals surface area contributed by atoms with E-state index in [1.807, 2.05) is 0 Å². The minimum absolute atomic E-state index is 0.175. The second kappa shape index (κ2) is 3.68. The summed E-state index contributed by atoms with van der Waals surface area (Å²) in [5.41, 5.74) is 0. The van der Waals surface area contributed by atoms with Gasteiger partial charge >= 0.3 is 84.1 Å². The molecule has 0 aliphatic carbocycles. The summed E-state index contributed by atoms with van der Waals surface area (Å²) in [6.07, 6.45) is 0. The first-order chi connectivity index (χ1) is 4.10. The van der Waals surface area contributed by atoms with Gasteiger partial charge in [0.2, 0.25) is 0 Å². The fourth-order valence-electron chi connectivity index (χ4n) is 0.408. The number of ether oxygens (including phenoxy) is 1. The summed E-state index contributed by atoms with van der Waals surface area (Å²) < 4.78 is 11.0. The van der Waals surface area contributed by atoms with Crippen molar-refractivity contribution in [2.24, 2.45) is 0 Å². The van der Waals surface area contributed by atoms with E-state index in [1.165, 1.54) is 0 Å². The molecule has 1 rings (SSSR count). The van der Waals surface area contributed by atoms with Gasteiger partial charge in [-0.2, -0.15) is 0 Å². The van der Waals surface area contributed by atoms with Crippen LogP contribution in [0.1, 0.15) is 6.92 Å². The molecule has 1 fully saturated rings. The maximum atomic E-state index is 5.39. The van der Waals surface area contributed by atoms with Crippen LogP contribution in [0.15, 0.2) is 0 Å². The van der Waals surface area contributed by atoms with Crippen LogP contribution in [0.2, 0.25) is 0 Å². The Labute approximate surface area is 82.8 Å². The van der Waals surface area contributed by atoms with Gasteiger partial charge in [-0.3, -0.25) is 0 Å². The third-order valence-corrected chi connectivity index (χ3v) is 21.0. The molecule has 58 valence electrons. The molecule has 1 atom stereocenters. The van der Waals surface area contributed by atoms with Crippen LogP contribution in [0.4, 0.5) is 0 Å². The number of rotatable bonds is 0. The van der Waals surface area contributed by atoms with E-state index in [-0.39, 0.29) is 18.8 Å². The monoisotopic (exact) mass is 469 g/mol. The van der Waals surface area contributed by atoms with E-state index in [2.05, 4.69) is 34.4 Å². The fraction of sp³-hybridized carbons (Fsp3) is 1.00. The van der Waals surface area contributed by atoms with Crippen LogP contribution >= 0.6 is 38.9 Å². The first-order valence-corrected chi connectivity index (χ1v) is 13.8. The van der Waals surface area contributed by atoms with Gasteiger partial charge in [-0.25, -0.2) is 0 Å². The van der Waals surface area contributed by atoms with E-state index in [9.17, 15) is 0 Å². The number of halogens is 3. The summed E-state index contributed by atoms with van der Waals surface area (Å²) in [5, 5.41) is 0. The molecule has 9 heavy (non-hydrogen) atoms. The van der Waals surface area contributed by atoms with Gasteiger partial charge in [-0.1, -0.05) is 0 Å². The Bertz CT molecular complexity index is 106. The first-order valence-electron chi connectivity index (χ1n) is 2.33. The Morgan fingerprint density at radius 3 is 2.78 bits per heavy atom. The third kappa shape index (κ3) is 3.34. The Morgan fingerprint density at radius 1 is 1.78 bits per heavy atom. The summed E-state index contributed by atoms with van der Waals surface area (Å²) in [5.74, 6) is 0. The number of hydrogen-bond donors (Lipinski definition) is 0. The standard InChI is InChI=1S/C4H8I3O2/c1-4(5)6-7(2)9-3-8-4/h3H2,1-2H3/q-1. The van der Waals surface area contributed by atoms with Crippen molar-refractivity contribution in [2.45, 2.75) is 8.54 Å². The van der Waals surface area contributed by atoms with Gasteiger partial charge in [0, 0.05) is 0 Å². The van der Waals surface area contributed by atoms with Crippen LogP contribution in [0.25, 0.3) is 0 Å². The number of hydrogen-bond acceptors (Lipinski definition) is 2. The molecule has 1 aliphatic heterocycles. The van der Waals surface area contributed by atoms with Crippen molar-refractivity contribution in [1.29, 1.82) is 0 Å². The van der Waals surface area contributed by atoms with Crippen LogP contribution in [0.3, 0.4) is 0 Å². The van der Waals surface area contributed by atoms with Gasteiger partial charge in [0.1, 0.15) is 0 Å². The predicted octanol–water partition coefficient (Wildman–Crippen LogP) is -0.845. The molecule has 5 heteroatoms. The van der Waals surface area contributed by atoms with Crippen molar-refractivity contribution in [2.75, 3.05) is 11.7 Å². The summed E-state index contributed by atoms with van der Waals surface area (Å²) in [6, 6.07) is 0. The Kier molecular flexibility index (Phi) is 3.76. The summed E-state index contributed by atoms with van der Waals surface area (Å²) in [6.45, 7) is 2.71. The zero-order valence-electron chi connectivity index (χ0n) is 5.16. The van der Waals surface area contributed by atoms with Gasteiger partial charge < -0.3 is 0 Å². The van der Waals surface area contributed by atoms with Crippen molar-refractivity contribution in [3.63, 3.8) is 0 Å². The molecule has 0 saturated carbocycles. The van der Waals surface area contributed by atoms with Gasteiger partial charge in [0.25, 0.3) is 0 Å². The van der Waals surface area contributed by atoms with E-state index < -0.39 is 16.3 Å². The quantitative estimate of drug-likeness (QED) is 0.341. The first kappa shape index (κ1) is 9.20. The van der Waals surface area contributed by atoms with Gasteiger partial charge in [0.05, 0.1) is 0 Å². The Hall–Kier alpha value is 2.11. The third-order valence-electron chi connectivity index (χ3n) is 0.735. The van der Waals surface area contributed by atoms with Crippen LogP contribution in [-0.4, -0.2) is 13.3 Å². The minimum atomic E-state index is -0.896. The van der Waals surface area contributed by atoms with E-state index in [4.69, 9.17) is 7.80 Å². The molecular formula is C4H8I3O2-. The predicted molar refractivity (Wildman–Crippen MR) is 49.4 cm³/mol. The van der Waals surface area contributed by atoms with Gasteiger partial charge in [-0.05, 0) is 0 Å². The number of alkyl halides is 3. The molecule has 0 amide bonds. The van der Waals surface area contributed by atoms with Gasteiger partial charge in [0.15, 0.2) is 0 Å². The molecule has 0 aromatic heterocycles. The molecule has 0 radical (unpaired) electrons. The van der Waals surface area contributed by atoms with E-state index in [1.54, 1.807) is 0 Å². The van der Waals surface area contributed by atoms with Gasteiger partial charge in [-0.15, -0.1) is 0 Å². The average molecular weight is 469 g/mol. The van der Waals surface area contributed by atoms with Crippen LogP contribution in [0, 0.1) is 0 Å². The molecule has 0 aromatic carbocycles. The second-order valence-corrected chi connectivity index (χ2v) is 21.3. The topological polar surface area (TPSA) is 18.5 Å². The second-order valence-electron chi connectivity index (χ2n) is 1.61. The summed E-state index contributed by atoms with van der Waals surface area (Å²) in [4.78, 5) is 2.27. The average Bonchev–Trinajstić information content (AvgIpc) is 1.60. The molecule has 1 heterocycles. The van der Waals surface area contributed by atoms with E-state index >= 15 is 0 Å². The molecular weight excluding hydrogens is 461 g/mol. The summed E-state index contributed by atoms with van der Waals surface area (Å²) in [7, 11) is 0. The molecule has 2 nitrogen and oxygen atoms in total. The van der Waals surface area contributed by atoms with Crippen molar-refractivity contribution in [3.8, 4) is 0 Å². The molecule has 1 unspecified atom stereocenters. The van der Waals surface area contributed by atoms with Crippen LogP contribution in [0.5, 0.6) is 0 Å². The Morgan fingerprint density at radius 2 is 2.44 bits per heavy atom. The molecule has 0 N–H and O–H groups in total. The van der Waals surface area contributed by atoms with Crippen molar-refractivity contribution >= 4 is 38.9 Å². The zero-order valence-corrected chi connectivity index (χ0v) is 11.6. The van der Waals surface area contributed by atoms with E-state index in [0.717, 1.165) is 0 Å². The molecule has 1 aliphatic rings. The van der Waals surface area contributed by atoms with Crippen molar-refractivity contribution in [1.82, 2.24) is 0 Å². The van der Waals surface area contributed by atoms with Crippen molar-refractivity contribution < 1.29 is 25.0 Å². The van der Waals surface area contributed by atoms with Crippen molar-refractivity contribution in [3.05, 3.63) is 0 Å². The Balaban J connectivity index is 2.41. The van der Waals surface area contributed by atoms with Crippen LogP contribution < -0.4 is 17.2 Å². The normalized spacial score (nSPS) is 41.9. The molecule has 0 aromatic rings. The zero-order chi connectivity index (χ0) is 6.91. The maximum absolute atomic E-state index is 5.39. The SMILES string of the molecule is CI1OCOC(C)(I)[I-]1. The molecule has 0 bridgehead atoms. The molecule has 1 saturated heterocycles. The molecule has 0 spiro atoms. The van der Waals surface area contributed by atoms with E-state index in [0.29, 0.717) is 6.79 Å². The fourth-order valence-corrected chi connectivity index (χ4v) is 21.3. The summed E-state index contributed by atoms with van der Waals surface area (Å²) >= 11 is 1.70.